The number of sulfone groups is 1. The molecule has 1 saturated carbocycles. The lowest BCUT2D eigenvalue weighted by atomic mass is 9.95. The van der Waals surface area contributed by atoms with Crippen LogP contribution in [0.15, 0.2) is 0 Å². The lowest BCUT2D eigenvalue weighted by molar-refractivity contribution is -0.121. The molecule has 16 heavy (non-hydrogen) atoms. The van der Waals surface area contributed by atoms with Gasteiger partial charge in [0, 0.05) is 17.1 Å². The SMILES string of the molecule is CC(C(=O)NC1CCCCC1Br)S(C)(=O)=O. The third-order valence-corrected chi connectivity index (χ3v) is 5.62. The summed E-state index contributed by atoms with van der Waals surface area (Å²) >= 11 is 3.52. The number of alkyl halides is 1. The van der Waals surface area contributed by atoms with Crippen LogP contribution in [0.3, 0.4) is 0 Å². The van der Waals surface area contributed by atoms with Gasteiger partial charge in [0.1, 0.15) is 5.25 Å². The zero-order chi connectivity index (χ0) is 12.3. The molecule has 0 aromatic rings. The van der Waals surface area contributed by atoms with E-state index in [1.54, 1.807) is 0 Å². The Hall–Kier alpha value is -0.100. The van der Waals surface area contributed by atoms with Crippen molar-refractivity contribution in [3.05, 3.63) is 0 Å². The molecule has 94 valence electrons. The number of nitrogens with one attached hydrogen (secondary N) is 1. The van der Waals surface area contributed by atoms with Gasteiger partial charge in [-0.3, -0.25) is 4.79 Å². The lowest BCUT2D eigenvalue weighted by Crippen LogP contribution is -2.47. The van der Waals surface area contributed by atoms with E-state index in [1.165, 1.54) is 6.92 Å². The Morgan fingerprint density at radius 2 is 1.94 bits per heavy atom. The van der Waals surface area contributed by atoms with Crippen molar-refractivity contribution in [2.24, 2.45) is 0 Å². The van der Waals surface area contributed by atoms with E-state index in [0.717, 1.165) is 31.9 Å². The molecule has 1 fully saturated rings. The zero-order valence-electron chi connectivity index (χ0n) is 9.57. The third kappa shape index (κ3) is 3.73. The summed E-state index contributed by atoms with van der Waals surface area (Å²) in [5, 5.41) is 1.85. The van der Waals surface area contributed by atoms with Crippen molar-refractivity contribution in [2.75, 3.05) is 6.26 Å². The summed E-state index contributed by atoms with van der Waals surface area (Å²) in [5.41, 5.74) is 0. The summed E-state index contributed by atoms with van der Waals surface area (Å²) in [6.45, 7) is 1.43. The largest absolute Gasteiger partial charge is 0.351 e. The van der Waals surface area contributed by atoms with Crippen LogP contribution in [-0.2, 0) is 14.6 Å². The normalized spacial score (nSPS) is 28.4. The highest BCUT2D eigenvalue weighted by molar-refractivity contribution is 9.09. The van der Waals surface area contributed by atoms with Crippen molar-refractivity contribution in [2.45, 2.75) is 48.7 Å². The summed E-state index contributed by atoms with van der Waals surface area (Å²) in [4.78, 5) is 12.0. The van der Waals surface area contributed by atoms with Crippen LogP contribution in [-0.4, -0.2) is 36.7 Å². The number of carbonyl (C=O) groups excluding carboxylic acids is 1. The fourth-order valence-corrected chi connectivity index (χ4v) is 2.92. The van der Waals surface area contributed by atoms with Crippen LogP contribution in [0.1, 0.15) is 32.6 Å². The predicted octanol–water partition coefficient (Wildman–Crippen LogP) is 1.24. The number of hydrogen-bond acceptors (Lipinski definition) is 3. The van der Waals surface area contributed by atoms with Crippen LogP contribution in [0.5, 0.6) is 0 Å². The molecule has 0 aromatic carbocycles. The fraction of sp³-hybridized carbons (Fsp3) is 0.900. The molecule has 0 spiro atoms. The molecular weight excluding hydrogens is 294 g/mol. The quantitative estimate of drug-likeness (QED) is 0.798. The average molecular weight is 312 g/mol. The molecule has 1 amide bonds. The van der Waals surface area contributed by atoms with E-state index in [0.29, 0.717) is 0 Å². The first-order chi connectivity index (χ1) is 7.32. The van der Waals surface area contributed by atoms with Gasteiger partial charge in [0.05, 0.1) is 0 Å². The van der Waals surface area contributed by atoms with Gasteiger partial charge in [-0.2, -0.15) is 0 Å². The topological polar surface area (TPSA) is 63.2 Å². The molecule has 3 atom stereocenters. The maximum atomic E-state index is 11.7. The van der Waals surface area contributed by atoms with Crippen LogP contribution in [0.4, 0.5) is 0 Å². The molecule has 0 radical (unpaired) electrons. The number of rotatable bonds is 3. The molecule has 1 N–H and O–H groups in total. The maximum absolute atomic E-state index is 11.7. The Kier molecular flexibility index (Phi) is 4.79. The van der Waals surface area contributed by atoms with Crippen LogP contribution in [0.25, 0.3) is 0 Å². The second kappa shape index (κ2) is 5.49. The number of carbonyl (C=O) groups is 1. The minimum atomic E-state index is -3.30. The van der Waals surface area contributed by atoms with Crippen molar-refractivity contribution in [1.29, 1.82) is 0 Å². The van der Waals surface area contributed by atoms with Gasteiger partial charge < -0.3 is 5.32 Å². The van der Waals surface area contributed by atoms with E-state index in [-0.39, 0.29) is 16.8 Å². The zero-order valence-corrected chi connectivity index (χ0v) is 12.0. The van der Waals surface area contributed by atoms with E-state index in [4.69, 9.17) is 0 Å². The van der Waals surface area contributed by atoms with Crippen LogP contribution in [0, 0.1) is 0 Å². The van der Waals surface area contributed by atoms with Crippen molar-refractivity contribution in [3.8, 4) is 0 Å². The lowest BCUT2D eigenvalue weighted by Gasteiger charge is -2.28. The maximum Gasteiger partial charge on any atom is 0.238 e. The van der Waals surface area contributed by atoms with Crippen molar-refractivity contribution in [1.82, 2.24) is 5.32 Å². The van der Waals surface area contributed by atoms with Gasteiger partial charge in [-0.25, -0.2) is 8.42 Å². The highest BCUT2D eigenvalue weighted by Crippen LogP contribution is 2.24. The van der Waals surface area contributed by atoms with Crippen molar-refractivity contribution in [3.63, 3.8) is 0 Å². The second-order valence-electron chi connectivity index (χ2n) is 4.39. The van der Waals surface area contributed by atoms with Gasteiger partial charge in [-0.1, -0.05) is 28.8 Å². The van der Waals surface area contributed by atoms with Gasteiger partial charge in [-0.15, -0.1) is 0 Å². The van der Waals surface area contributed by atoms with E-state index in [2.05, 4.69) is 21.2 Å². The van der Waals surface area contributed by atoms with Gasteiger partial charge in [-0.05, 0) is 19.8 Å². The smallest absolute Gasteiger partial charge is 0.238 e. The summed E-state index contributed by atoms with van der Waals surface area (Å²) in [5.74, 6) is -0.390. The minimum absolute atomic E-state index is 0.0606. The molecule has 0 aliphatic heterocycles. The Morgan fingerprint density at radius 3 is 2.44 bits per heavy atom. The highest BCUT2D eigenvalue weighted by Gasteiger charge is 2.29. The first-order valence-electron chi connectivity index (χ1n) is 5.45. The van der Waals surface area contributed by atoms with E-state index < -0.39 is 15.1 Å². The monoisotopic (exact) mass is 311 g/mol. The molecule has 1 rings (SSSR count). The first kappa shape index (κ1) is 14.0. The molecule has 0 heterocycles. The van der Waals surface area contributed by atoms with E-state index in [1.807, 2.05) is 0 Å². The summed E-state index contributed by atoms with van der Waals surface area (Å²) in [6.07, 6.45) is 5.27. The van der Waals surface area contributed by atoms with Gasteiger partial charge in [0.25, 0.3) is 0 Å². The molecule has 6 heteroatoms. The average Bonchev–Trinajstić information content (AvgIpc) is 2.19. The summed E-state index contributed by atoms with van der Waals surface area (Å²) < 4.78 is 22.4. The van der Waals surface area contributed by atoms with E-state index in [9.17, 15) is 13.2 Å². The Labute approximate surface area is 105 Å². The Balaban J connectivity index is 2.57. The fourth-order valence-electron chi connectivity index (χ4n) is 1.74. The standard InChI is InChI=1S/C10H18BrNO3S/c1-7(16(2,14)15)10(13)12-9-6-4-3-5-8(9)11/h7-9H,3-6H2,1-2H3,(H,12,13). The molecule has 0 bridgehead atoms. The molecule has 1 aliphatic carbocycles. The van der Waals surface area contributed by atoms with Crippen LogP contribution < -0.4 is 5.32 Å². The van der Waals surface area contributed by atoms with Gasteiger partial charge >= 0.3 is 0 Å². The number of hydrogen-bond donors (Lipinski definition) is 1. The molecule has 4 nitrogen and oxygen atoms in total. The Bertz CT molecular complexity index is 355. The number of halogens is 1. The number of amides is 1. The highest BCUT2D eigenvalue weighted by atomic mass is 79.9. The molecule has 3 unspecified atom stereocenters. The van der Waals surface area contributed by atoms with Crippen molar-refractivity contribution >= 4 is 31.7 Å². The Morgan fingerprint density at radius 1 is 1.38 bits per heavy atom. The van der Waals surface area contributed by atoms with Crippen LogP contribution >= 0.6 is 15.9 Å². The van der Waals surface area contributed by atoms with Crippen molar-refractivity contribution < 1.29 is 13.2 Å². The molecule has 0 saturated heterocycles. The minimum Gasteiger partial charge on any atom is -0.351 e. The molecule has 0 aromatic heterocycles. The van der Waals surface area contributed by atoms with Crippen LogP contribution in [0.2, 0.25) is 0 Å². The first-order valence-corrected chi connectivity index (χ1v) is 8.32. The third-order valence-electron chi connectivity index (χ3n) is 3.02. The van der Waals surface area contributed by atoms with Gasteiger partial charge in [0.15, 0.2) is 9.84 Å². The van der Waals surface area contributed by atoms with Gasteiger partial charge in [0.2, 0.25) is 5.91 Å². The second-order valence-corrected chi connectivity index (χ2v) is 7.93. The molecular formula is C10H18BrNO3S. The summed E-state index contributed by atoms with van der Waals surface area (Å²) in [6, 6.07) is 0.0606. The predicted molar refractivity (Wildman–Crippen MR) is 67.4 cm³/mol. The molecule has 1 aliphatic rings. The summed E-state index contributed by atoms with van der Waals surface area (Å²) in [7, 11) is -3.30. The van der Waals surface area contributed by atoms with E-state index >= 15 is 0 Å².